The standard InChI is InChI=1S/C16H26N2O/c1-15(3-2-4-17-15)14(19)18-16-8-11-5-12(9-16)7-13(6-11)10-16/h11-13,17H,2-10H2,1H3,(H,18,19). The lowest BCUT2D eigenvalue weighted by molar-refractivity contribution is -0.132. The monoisotopic (exact) mass is 262 g/mol. The highest BCUT2D eigenvalue weighted by molar-refractivity contribution is 5.87. The Morgan fingerprint density at radius 1 is 1.11 bits per heavy atom. The molecule has 1 saturated heterocycles. The summed E-state index contributed by atoms with van der Waals surface area (Å²) in [5.41, 5.74) is -0.136. The molecule has 1 amide bonds. The van der Waals surface area contributed by atoms with Crippen molar-refractivity contribution < 1.29 is 4.79 Å². The topological polar surface area (TPSA) is 41.1 Å². The Kier molecular flexibility index (Phi) is 2.55. The minimum Gasteiger partial charge on any atom is -0.349 e. The van der Waals surface area contributed by atoms with E-state index in [0.717, 1.165) is 37.1 Å². The summed E-state index contributed by atoms with van der Waals surface area (Å²) in [5.74, 6) is 2.97. The summed E-state index contributed by atoms with van der Waals surface area (Å²) in [5, 5.41) is 6.91. The number of carbonyl (C=O) groups is 1. The summed E-state index contributed by atoms with van der Waals surface area (Å²) >= 11 is 0. The molecule has 1 unspecified atom stereocenters. The van der Waals surface area contributed by atoms with Crippen LogP contribution in [0.5, 0.6) is 0 Å². The summed E-state index contributed by atoms with van der Waals surface area (Å²) in [6.45, 7) is 3.07. The largest absolute Gasteiger partial charge is 0.349 e. The molecule has 106 valence electrons. The van der Waals surface area contributed by atoms with Crippen LogP contribution in [0.2, 0.25) is 0 Å². The highest BCUT2D eigenvalue weighted by Gasteiger charge is 2.52. The third-order valence-electron chi connectivity index (χ3n) is 6.29. The Hall–Kier alpha value is -0.570. The molecule has 5 fully saturated rings. The molecule has 0 aromatic heterocycles. The second-order valence-electron chi connectivity index (χ2n) is 8.01. The van der Waals surface area contributed by atoms with Gasteiger partial charge < -0.3 is 10.6 Å². The van der Waals surface area contributed by atoms with Gasteiger partial charge in [-0.25, -0.2) is 0 Å². The van der Waals surface area contributed by atoms with E-state index in [4.69, 9.17) is 0 Å². The molecule has 0 spiro atoms. The lowest BCUT2D eigenvalue weighted by Crippen LogP contribution is -2.64. The fourth-order valence-corrected chi connectivity index (χ4v) is 5.73. The van der Waals surface area contributed by atoms with Gasteiger partial charge in [0.1, 0.15) is 0 Å². The van der Waals surface area contributed by atoms with Gasteiger partial charge in [-0.15, -0.1) is 0 Å². The van der Waals surface area contributed by atoms with E-state index in [9.17, 15) is 4.79 Å². The Balaban J connectivity index is 1.51. The van der Waals surface area contributed by atoms with Crippen LogP contribution in [0.4, 0.5) is 0 Å². The van der Waals surface area contributed by atoms with E-state index in [1.165, 1.54) is 38.5 Å². The molecular formula is C16H26N2O. The Bertz CT molecular complexity index is 362. The van der Waals surface area contributed by atoms with Gasteiger partial charge in [-0.3, -0.25) is 4.79 Å². The molecule has 19 heavy (non-hydrogen) atoms. The minimum absolute atomic E-state index is 0.166. The van der Waals surface area contributed by atoms with Crippen molar-refractivity contribution in [3.05, 3.63) is 0 Å². The summed E-state index contributed by atoms with van der Waals surface area (Å²) < 4.78 is 0. The van der Waals surface area contributed by atoms with Gasteiger partial charge in [0.25, 0.3) is 0 Å². The quantitative estimate of drug-likeness (QED) is 0.801. The molecule has 1 atom stereocenters. The smallest absolute Gasteiger partial charge is 0.240 e. The van der Waals surface area contributed by atoms with Gasteiger partial charge in [0.2, 0.25) is 5.91 Å². The van der Waals surface area contributed by atoms with E-state index in [-0.39, 0.29) is 17.0 Å². The average Bonchev–Trinajstić information content (AvgIpc) is 2.75. The van der Waals surface area contributed by atoms with E-state index in [1.54, 1.807) is 0 Å². The molecule has 3 heteroatoms. The van der Waals surface area contributed by atoms with Crippen LogP contribution in [0.3, 0.4) is 0 Å². The third kappa shape index (κ3) is 1.93. The predicted molar refractivity (Wildman–Crippen MR) is 74.7 cm³/mol. The van der Waals surface area contributed by atoms with Gasteiger partial charge in [-0.05, 0) is 82.6 Å². The highest BCUT2D eigenvalue weighted by Crippen LogP contribution is 2.55. The molecule has 2 N–H and O–H groups in total. The SMILES string of the molecule is CC1(C(=O)NC23CC4CC(CC(C4)C2)C3)CCCN1. The van der Waals surface area contributed by atoms with Crippen LogP contribution >= 0.6 is 0 Å². The maximum absolute atomic E-state index is 12.7. The molecule has 0 aromatic carbocycles. The number of hydrogen-bond acceptors (Lipinski definition) is 2. The lowest BCUT2D eigenvalue weighted by atomic mass is 9.53. The average molecular weight is 262 g/mol. The molecule has 1 heterocycles. The van der Waals surface area contributed by atoms with Crippen LogP contribution in [0, 0.1) is 17.8 Å². The van der Waals surface area contributed by atoms with E-state index >= 15 is 0 Å². The summed E-state index contributed by atoms with van der Waals surface area (Å²) in [4.78, 5) is 12.7. The van der Waals surface area contributed by atoms with Crippen LogP contribution < -0.4 is 10.6 Å². The first kappa shape index (κ1) is 12.2. The summed E-state index contributed by atoms with van der Waals surface area (Å²) in [6.07, 6.45) is 10.2. The number of hydrogen-bond donors (Lipinski definition) is 2. The van der Waals surface area contributed by atoms with Crippen molar-refractivity contribution in [3.8, 4) is 0 Å². The lowest BCUT2D eigenvalue weighted by Gasteiger charge is -2.57. The second kappa shape index (κ2) is 3.97. The molecule has 0 aromatic rings. The number of amides is 1. The van der Waals surface area contributed by atoms with Gasteiger partial charge in [0.15, 0.2) is 0 Å². The van der Waals surface area contributed by atoms with Gasteiger partial charge >= 0.3 is 0 Å². The minimum atomic E-state index is -0.302. The van der Waals surface area contributed by atoms with Gasteiger partial charge in [-0.2, -0.15) is 0 Å². The van der Waals surface area contributed by atoms with Crippen molar-refractivity contribution in [2.24, 2.45) is 17.8 Å². The van der Waals surface area contributed by atoms with Crippen molar-refractivity contribution in [1.82, 2.24) is 10.6 Å². The number of nitrogens with one attached hydrogen (secondary N) is 2. The fourth-order valence-electron chi connectivity index (χ4n) is 5.73. The zero-order valence-corrected chi connectivity index (χ0v) is 12.0. The van der Waals surface area contributed by atoms with Crippen molar-refractivity contribution >= 4 is 5.91 Å². The normalized spacial score (nSPS) is 51.5. The highest BCUT2D eigenvalue weighted by atomic mass is 16.2. The maximum atomic E-state index is 12.7. The first-order valence-corrected chi connectivity index (χ1v) is 8.15. The molecule has 5 aliphatic rings. The molecule has 0 radical (unpaired) electrons. The number of rotatable bonds is 2. The van der Waals surface area contributed by atoms with Crippen molar-refractivity contribution in [3.63, 3.8) is 0 Å². The van der Waals surface area contributed by atoms with Gasteiger partial charge in [-0.1, -0.05) is 0 Å². The van der Waals surface area contributed by atoms with Crippen LogP contribution in [0.15, 0.2) is 0 Å². The Labute approximate surface area is 115 Å². The first-order valence-electron chi connectivity index (χ1n) is 8.15. The summed E-state index contributed by atoms with van der Waals surface area (Å²) in [6, 6.07) is 0. The van der Waals surface area contributed by atoms with Crippen LogP contribution in [-0.4, -0.2) is 23.5 Å². The molecule has 4 saturated carbocycles. The van der Waals surface area contributed by atoms with Crippen molar-refractivity contribution in [2.75, 3.05) is 6.54 Å². The molecule has 4 bridgehead atoms. The van der Waals surface area contributed by atoms with Gasteiger partial charge in [0.05, 0.1) is 5.54 Å². The van der Waals surface area contributed by atoms with Crippen LogP contribution in [0.25, 0.3) is 0 Å². The zero-order valence-electron chi connectivity index (χ0n) is 12.0. The van der Waals surface area contributed by atoms with Gasteiger partial charge in [0, 0.05) is 5.54 Å². The first-order chi connectivity index (χ1) is 9.07. The predicted octanol–water partition coefficient (Wildman–Crippen LogP) is 2.21. The Morgan fingerprint density at radius 3 is 2.16 bits per heavy atom. The number of carbonyl (C=O) groups excluding carboxylic acids is 1. The van der Waals surface area contributed by atoms with Crippen LogP contribution in [-0.2, 0) is 4.79 Å². The van der Waals surface area contributed by atoms with Crippen molar-refractivity contribution in [1.29, 1.82) is 0 Å². The molecule has 3 nitrogen and oxygen atoms in total. The molecule has 5 rings (SSSR count). The van der Waals surface area contributed by atoms with Crippen molar-refractivity contribution in [2.45, 2.75) is 69.4 Å². The molecule has 1 aliphatic heterocycles. The van der Waals surface area contributed by atoms with E-state index in [1.807, 2.05) is 0 Å². The molecular weight excluding hydrogens is 236 g/mol. The third-order valence-corrected chi connectivity index (χ3v) is 6.29. The zero-order chi connectivity index (χ0) is 13.1. The summed E-state index contributed by atoms with van der Waals surface area (Å²) in [7, 11) is 0. The Morgan fingerprint density at radius 2 is 1.68 bits per heavy atom. The fraction of sp³-hybridized carbons (Fsp3) is 0.938. The molecule has 4 aliphatic carbocycles. The van der Waals surface area contributed by atoms with Crippen LogP contribution in [0.1, 0.15) is 58.3 Å². The second-order valence-corrected chi connectivity index (χ2v) is 8.01. The van der Waals surface area contributed by atoms with E-state index in [2.05, 4.69) is 17.6 Å². The maximum Gasteiger partial charge on any atom is 0.240 e. The van der Waals surface area contributed by atoms with E-state index < -0.39 is 0 Å². The van der Waals surface area contributed by atoms with E-state index in [0.29, 0.717) is 0 Å².